The van der Waals surface area contributed by atoms with Crippen LogP contribution < -0.4 is 4.90 Å². The second-order valence-electron chi connectivity index (χ2n) is 5.06. The van der Waals surface area contributed by atoms with E-state index in [-0.39, 0.29) is 0 Å². The largest absolute Gasteiger partial charge is 0.481 e. The second-order valence-corrected chi connectivity index (χ2v) is 5.79. The van der Waals surface area contributed by atoms with Crippen molar-refractivity contribution in [1.82, 2.24) is 9.36 Å². The summed E-state index contributed by atoms with van der Waals surface area (Å²) in [5.41, 5.74) is -1.09. The van der Waals surface area contributed by atoms with E-state index in [2.05, 4.69) is 9.36 Å². The lowest BCUT2D eigenvalue weighted by Crippen LogP contribution is -2.56. The molecule has 6 nitrogen and oxygen atoms in total. The third-order valence-electron chi connectivity index (χ3n) is 3.69. The van der Waals surface area contributed by atoms with E-state index in [0.29, 0.717) is 31.8 Å². The van der Waals surface area contributed by atoms with Gasteiger partial charge >= 0.3 is 5.97 Å². The van der Waals surface area contributed by atoms with E-state index in [0.717, 1.165) is 11.6 Å². The number of hydrogen-bond donors (Lipinski definition) is 2. The zero-order valence-corrected chi connectivity index (χ0v) is 12.0. The third-order valence-corrected chi connectivity index (χ3v) is 4.56. The lowest BCUT2D eigenvalue weighted by molar-refractivity contribution is -0.158. The van der Waals surface area contributed by atoms with Crippen LogP contribution in [0.15, 0.2) is 0 Å². The summed E-state index contributed by atoms with van der Waals surface area (Å²) in [4.78, 5) is 17.9. The average Bonchev–Trinajstić information content (AvgIpc) is 2.79. The fraction of sp³-hybridized carbons (Fsp3) is 0.750. The van der Waals surface area contributed by atoms with Gasteiger partial charge in [0.25, 0.3) is 0 Å². The van der Waals surface area contributed by atoms with Crippen LogP contribution in [0.5, 0.6) is 0 Å². The highest BCUT2D eigenvalue weighted by atomic mass is 32.1. The Balaban J connectivity index is 2.25. The number of aliphatic hydroxyl groups is 1. The number of aromatic nitrogens is 2. The minimum absolute atomic E-state index is 0.298. The first-order valence-corrected chi connectivity index (χ1v) is 7.23. The lowest BCUT2D eigenvalue weighted by Gasteiger charge is -2.43. The lowest BCUT2D eigenvalue weighted by atomic mass is 9.74. The highest BCUT2D eigenvalue weighted by Gasteiger charge is 2.49. The van der Waals surface area contributed by atoms with Gasteiger partial charge in [-0.3, -0.25) is 4.79 Å². The van der Waals surface area contributed by atoms with Gasteiger partial charge in [0.05, 0.1) is 6.10 Å². The summed E-state index contributed by atoms with van der Waals surface area (Å²) in [6.07, 6.45) is 0.852. The van der Waals surface area contributed by atoms with Gasteiger partial charge in [-0.2, -0.15) is 4.37 Å². The minimum atomic E-state index is -1.09. The first-order valence-electron chi connectivity index (χ1n) is 6.46. The van der Waals surface area contributed by atoms with Gasteiger partial charge in [-0.15, -0.1) is 0 Å². The van der Waals surface area contributed by atoms with Gasteiger partial charge in [0.1, 0.15) is 11.2 Å². The van der Waals surface area contributed by atoms with Crippen molar-refractivity contribution in [3.63, 3.8) is 0 Å². The van der Waals surface area contributed by atoms with Gasteiger partial charge in [-0.25, -0.2) is 4.98 Å². The van der Waals surface area contributed by atoms with Crippen LogP contribution in [0.2, 0.25) is 0 Å². The van der Waals surface area contributed by atoms with E-state index in [4.69, 9.17) is 0 Å². The molecule has 1 aliphatic rings. The molecule has 106 valence electrons. The molecule has 0 bridgehead atoms. The number of anilines is 1. The molecular weight excluding hydrogens is 266 g/mol. The van der Waals surface area contributed by atoms with Gasteiger partial charge in [0, 0.05) is 24.6 Å². The zero-order valence-electron chi connectivity index (χ0n) is 11.2. The Morgan fingerprint density at radius 1 is 1.63 bits per heavy atom. The highest BCUT2D eigenvalue weighted by molar-refractivity contribution is 7.09. The Morgan fingerprint density at radius 3 is 2.89 bits per heavy atom. The standard InChI is InChI=1S/C12H19N3O3S/c1-3-5-12(10(17)18)7-15(6-4-9(12)16)11-13-8(2)14-19-11/h9,16H,3-7H2,1-2H3,(H,17,18)/t9-,12+/m0/s1. The van der Waals surface area contributed by atoms with Crippen molar-refractivity contribution in [3.8, 4) is 0 Å². The Hall–Kier alpha value is -1.21. The molecule has 7 heteroatoms. The van der Waals surface area contributed by atoms with Crippen molar-refractivity contribution < 1.29 is 15.0 Å². The molecule has 0 radical (unpaired) electrons. The van der Waals surface area contributed by atoms with Crippen LogP contribution in [0.25, 0.3) is 0 Å². The van der Waals surface area contributed by atoms with Crippen LogP contribution in [0.1, 0.15) is 32.0 Å². The number of aryl methyl sites for hydroxylation is 1. The Morgan fingerprint density at radius 2 is 2.37 bits per heavy atom. The minimum Gasteiger partial charge on any atom is -0.481 e. The number of nitrogens with zero attached hydrogens (tertiary/aromatic N) is 3. The average molecular weight is 285 g/mol. The van der Waals surface area contributed by atoms with E-state index in [1.807, 2.05) is 18.7 Å². The summed E-state index contributed by atoms with van der Waals surface area (Å²) in [6, 6.07) is 0. The number of hydrogen-bond acceptors (Lipinski definition) is 6. The van der Waals surface area contributed by atoms with Crippen molar-refractivity contribution >= 4 is 22.6 Å². The Kier molecular flexibility index (Phi) is 4.05. The molecule has 0 aromatic carbocycles. The monoisotopic (exact) mass is 285 g/mol. The van der Waals surface area contributed by atoms with Crippen molar-refractivity contribution in [1.29, 1.82) is 0 Å². The molecule has 0 saturated carbocycles. The molecule has 1 aliphatic heterocycles. The maximum Gasteiger partial charge on any atom is 0.314 e. The topological polar surface area (TPSA) is 86.5 Å². The summed E-state index contributed by atoms with van der Waals surface area (Å²) in [7, 11) is 0. The molecular formula is C12H19N3O3S. The summed E-state index contributed by atoms with van der Waals surface area (Å²) >= 11 is 1.28. The van der Waals surface area contributed by atoms with Crippen LogP contribution in [-0.2, 0) is 4.79 Å². The molecule has 2 rings (SSSR count). The van der Waals surface area contributed by atoms with Crippen molar-refractivity contribution in [2.24, 2.45) is 5.41 Å². The van der Waals surface area contributed by atoms with E-state index in [1.54, 1.807) is 0 Å². The van der Waals surface area contributed by atoms with Crippen LogP contribution in [0, 0.1) is 12.3 Å². The molecule has 1 aromatic heterocycles. The quantitative estimate of drug-likeness (QED) is 0.867. The molecule has 19 heavy (non-hydrogen) atoms. The number of rotatable bonds is 4. The van der Waals surface area contributed by atoms with E-state index in [9.17, 15) is 15.0 Å². The van der Waals surface area contributed by atoms with E-state index < -0.39 is 17.5 Å². The molecule has 1 aromatic rings. The maximum atomic E-state index is 11.6. The Labute approximate surface area is 116 Å². The van der Waals surface area contributed by atoms with Crippen LogP contribution in [0.4, 0.5) is 5.13 Å². The number of aliphatic carboxylic acids is 1. The van der Waals surface area contributed by atoms with Gasteiger partial charge in [0.2, 0.25) is 5.13 Å². The number of aliphatic hydroxyl groups excluding tert-OH is 1. The molecule has 1 saturated heterocycles. The molecule has 0 unspecified atom stereocenters. The number of carboxylic acids is 1. The maximum absolute atomic E-state index is 11.6. The van der Waals surface area contributed by atoms with Crippen LogP contribution in [0.3, 0.4) is 0 Å². The third kappa shape index (κ3) is 2.57. The van der Waals surface area contributed by atoms with Gasteiger partial charge < -0.3 is 15.1 Å². The predicted molar refractivity (Wildman–Crippen MR) is 72.5 cm³/mol. The second kappa shape index (κ2) is 5.42. The normalized spacial score (nSPS) is 27.5. The molecule has 0 amide bonds. The van der Waals surface area contributed by atoms with Crippen molar-refractivity contribution in [2.75, 3.05) is 18.0 Å². The van der Waals surface area contributed by atoms with Crippen molar-refractivity contribution in [2.45, 2.75) is 39.2 Å². The fourth-order valence-electron chi connectivity index (χ4n) is 2.67. The van der Waals surface area contributed by atoms with Gasteiger partial charge in [-0.05, 0) is 19.8 Å². The SMILES string of the molecule is CCC[C@@]1(C(=O)O)CN(c2nc(C)ns2)CC[C@@H]1O. The number of piperidine rings is 1. The summed E-state index contributed by atoms with van der Waals surface area (Å²) in [5.74, 6) is -0.227. The number of carbonyl (C=O) groups is 1. The molecule has 1 fully saturated rings. The van der Waals surface area contributed by atoms with Crippen LogP contribution >= 0.6 is 11.5 Å². The van der Waals surface area contributed by atoms with Crippen molar-refractivity contribution in [3.05, 3.63) is 5.82 Å². The molecule has 2 atom stereocenters. The molecule has 2 heterocycles. The fourth-order valence-corrected chi connectivity index (χ4v) is 3.36. The van der Waals surface area contributed by atoms with Gasteiger partial charge in [0.15, 0.2) is 0 Å². The van der Waals surface area contributed by atoms with E-state index >= 15 is 0 Å². The number of carboxylic acid groups (broad SMARTS) is 1. The Bertz CT molecular complexity index is 465. The van der Waals surface area contributed by atoms with Crippen LogP contribution in [-0.4, -0.2) is 44.7 Å². The molecule has 2 N–H and O–H groups in total. The first-order chi connectivity index (χ1) is 8.99. The molecule has 0 spiro atoms. The summed E-state index contributed by atoms with van der Waals surface area (Å²) in [5, 5.41) is 20.4. The molecule has 0 aliphatic carbocycles. The predicted octanol–water partition coefficient (Wildman–Crippen LogP) is 1.29. The highest BCUT2D eigenvalue weighted by Crippen LogP contribution is 2.37. The van der Waals surface area contributed by atoms with Gasteiger partial charge in [-0.1, -0.05) is 13.3 Å². The summed E-state index contributed by atoms with van der Waals surface area (Å²) in [6.45, 7) is 4.67. The first kappa shape index (κ1) is 14.2. The smallest absolute Gasteiger partial charge is 0.314 e. The summed E-state index contributed by atoms with van der Waals surface area (Å²) < 4.78 is 4.13. The zero-order chi connectivity index (χ0) is 14.0. The van der Waals surface area contributed by atoms with E-state index in [1.165, 1.54) is 11.5 Å².